The first-order chi connectivity index (χ1) is 63.4. The van der Waals surface area contributed by atoms with Crippen LogP contribution >= 0.6 is 0 Å². The van der Waals surface area contributed by atoms with Crippen LogP contribution in [0.2, 0.25) is 0 Å². The molecule has 4 aliphatic carbocycles. The Morgan fingerprint density at radius 2 is 0.704 bits per heavy atom. The molecule has 38 heteroatoms. The largest absolute Gasteiger partial charge is 0.551 e. The molecule has 15 aromatic rings. The molecule has 0 N–H and O–H groups in total. The Hall–Kier alpha value is -10.9. The number of nitrogens with zero attached hydrogens (tertiary/aromatic N) is 21. The minimum Gasteiger partial charge on any atom is -0.551 e. The standard InChI is InChI=1S/C21H21N4O2.C21H19N4O2.C20H17N4O2.C19H16N5O2.C16H14FN4O3.5Y/c2*1-3-7-15-8-6-10-19(25-21(26)24(2)22-23-25)18(15)14-27-20-11-5-4-9-17(20)16-12-13-16;1-3-14-7-6-9-18(24-20(25)23(2)21-22-24)17(14)13-26-19-10-5-4-8-16(19)15-11-12-15;1-20-16-7-5-8-17(24-19(25)23(2)21-22-24)15(16)12-26-18-9-4-3-6-14(18)13-10-11-13;1-20-16(22)21(19-18-20)13-7-5-6-12(17)11(13)10-24-15-9-4-3-8-14(15)23-2;;;;;/h3,5-11,16H,12-14H2,1-2H3;5-6,8-11,16H,12-14H2,1-2H3;1,5-10,15H,11-13H2,2H3;4-9,13H,10-12H2,2H3;4-9H,10H2,1-2H3;;;;;/q5*-1;;;;;/b7-3+;;;;;;;;;. The van der Waals surface area contributed by atoms with Gasteiger partial charge in [0.15, 0.2) is 5.69 Å². The van der Waals surface area contributed by atoms with Gasteiger partial charge in [-0.05, 0) is 120 Å². The number of rotatable bonds is 26. The van der Waals surface area contributed by atoms with Gasteiger partial charge in [0.25, 0.3) is 0 Å². The van der Waals surface area contributed by atoms with Crippen LogP contribution in [0.1, 0.15) is 156 Å². The van der Waals surface area contributed by atoms with E-state index in [0.29, 0.717) is 81.3 Å². The Balaban J connectivity index is 0.000000173. The summed E-state index contributed by atoms with van der Waals surface area (Å²) in [5, 5.41) is 38.3. The van der Waals surface area contributed by atoms with Crippen LogP contribution in [-0.4, -0.2) is 106 Å². The average Bonchev–Trinajstić information content (AvgIpc) is 1.70. The minimum atomic E-state index is -0.508. The maximum absolute atomic E-state index is 14.3. The monoisotopic (exact) mass is 2190 g/mol. The molecular formula is C97H87FN21O11Y5-5. The fourth-order valence-electron chi connectivity index (χ4n) is 14.3. The molecule has 4 fully saturated rings. The van der Waals surface area contributed by atoms with E-state index in [1.54, 1.807) is 82.7 Å². The van der Waals surface area contributed by atoms with E-state index in [2.05, 4.69) is 105 Å². The number of allylic oxidation sites excluding steroid dienone is 1. The molecule has 0 bridgehead atoms. The molecule has 4 aliphatic rings. The second-order valence-corrected chi connectivity index (χ2v) is 30.6. The smallest absolute Gasteiger partial charge is 0.368 e. The number of tetrazole rings is 5. The van der Waals surface area contributed by atoms with Crippen LogP contribution < -0.4 is 56.9 Å². The van der Waals surface area contributed by atoms with E-state index >= 15 is 0 Å². The van der Waals surface area contributed by atoms with E-state index < -0.39 is 11.5 Å². The Labute approximate surface area is 902 Å². The average molecular weight is 2190 g/mol. The van der Waals surface area contributed by atoms with Gasteiger partial charge in [-0.25, -0.2) is 33.2 Å². The number of benzene rings is 10. The molecule has 0 aliphatic heterocycles. The molecule has 10 aromatic carbocycles. The molecule has 0 saturated heterocycles. The van der Waals surface area contributed by atoms with E-state index in [1.165, 1.54) is 121 Å². The molecule has 19 rings (SSSR count). The molecule has 5 aromatic heterocycles. The van der Waals surface area contributed by atoms with Gasteiger partial charge in [-0.1, -0.05) is 141 Å². The van der Waals surface area contributed by atoms with Crippen molar-refractivity contribution in [3.63, 3.8) is 0 Å². The van der Waals surface area contributed by atoms with Gasteiger partial charge in [0.1, 0.15) is 38.9 Å². The van der Waals surface area contributed by atoms with E-state index in [-0.39, 0.29) is 224 Å². The Kier molecular flexibility index (Phi) is 39.6. The summed E-state index contributed by atoms with van der Waals surface area (Å²) in [4.78, 5) is 64.8. The van der Waals surface area contributed by atoms with Crippen LogP contribution in [0, 0.1) is 66.9 Å². The molecule has 5 radical (unpaired) electrons. The SMILES string of the molecule is C#Cc1cccc(-n2nnn(C)c2=O)c1COc1cc[c-]cc1C1CC1.C/C=C/c1cccc(-n2nnn(C)c2=O)c1COc1cc[c-]cc1C1CC1.CC#Cc1cccc(-n2nnn(C)c2=O)c1COc1cc[c-]cc1C1CC1.COc1c[c-]ccc1OCc1c(F)cccc1-n1nnn(C)c1=O.[C-]#[N+]c1cccc(-n2nnn(C)c2=O)c1COc1cc[c-]cc1C1CC1.[Y].[Y].[Y].[Y].[Y]. The van der Waals surface area contributed by atoms with Crippen LogP contribution in [0.25, 0.3) is 39.4 Å². The van der Waals surface area contributed by atoms with Crippen molar-refractivity contribution in [2.75, 3.05) is 7.11 Å². The van der Waals surface area contributed by atoms with E-state index in [4.69, 9.17) is 41.4 Å². The quantitative estimate of drug-likeness (QED) is 0.0359. The Morgan fingerprint density at radius 1 is 0.400 bits per heavy atom. The third-order valence-corrected chi connectivity index (χ3v) is 21.7. The first-order valence-corrected chi connectivity index (χ1v) is 41.7. The zero-order valence-electron chi connectivity index (χ0n) is 75.2. The molecule has 5 heterocycles. The van der Waals surface area contributed by atoms with Crippen LogP contribution in [0.3, 0.4) is 0 Å². The van der Waals surface area contributed by atoms with Gasteiger partial charge in [-0.15, -0.1) is 71.0 Å². The molecule has 0 spiro atoms. The van der Waals surface area contributed by atoms with Crippen molar-refractivity contribution in [1.82, 2.24) is 99.0 Å². The van der Waals surface area contributed by atoms with E-state index in [0.717, 1.165) is 83.3 Å². The van der Waals surface area contributed by atoms with Crippen molar-refractivity contribution in [2.24, 2.45) is 35.2 Å². The van der Waals surface area contributed by atoms with E-state index in [9.17, 15) is 28.4 Å². The summed E-state index contributed by atoms with van der Waals surface area (Å²) >= 11 is 0. The molecule has 0 atom stereocenters. The molecule has 4 saturated carbocycles. The third-order valence-electron chi connectivity index (χ3n) is 21.7. The van der Waals surface area contributed by atoms with Gasteiger partial charge < -0.3 is 28.4 Å². The molecule has 32 nitrogen and oxygen atoms in total. The number of hydrogen-bond donors (Lipinski definition) is 0. The second kappa shape index (κ2) is 50.3. The van der Waals surface area contributed by atoms with Crippen LogP contribution in [0.5, 0.6) is 34.5 Å². The predicted molar refractivity (Wildman–Crippen MR) is 477 cm³/mol. The first kappa shape index (κ1) is 106. The number of hydrogen-bond acceptors (Lipinski definition) is 21. The van der Waals surface area contributed by atoms with Crippen molar-refractivity contribution >= 4 is 11.8 Å². The van der Waals surface area contributed by atoms with Crippen molar-refractivity contribution in [3.8, 4) is 87.1 Å². The topological polar surface area (TPSA) is 323 Å². The first-order valence-electron chi connectivity index (χ1n) is 41.7. The van der Waals surface area contributed by atoms with Crippen molar-refractivity contribution in [2.45, 2.75) is 122 Å². The van der Waals surface area contributed by atoms with E-state index in [1.807, 2.05) is 134 Å². The number of terminal acetylenes is 1. The van der Waals surface area contributed by atoms with Crippen LogP contribution in [0.4, 0.5) is 10.1 Å². The molecule has 673 valence electrons. The normalized spacial score (nSPS) is 12.5. The van der Waals surface area contributed by atoms with Crippen LogP contribution in [0.15, 0.2) is 212 Å². The predicted octanol–water partition coefficient (Wildman–Crippen LogP) is 12.3. The molecular weight excluding hydrogens is 2100 g/mol. The number of halogens is 1. The van der Waals surface area contributed by atoms with Gasteiger partial charge in [0.05, 0.1) is 53.4 Å². The fraction of sp³-hybridized carbons (Fsp3) is 0.258. The number of aromatic nitrogens is 20. The zero-order valence-corrected chi connectivity index (χ0v) is 89.4. The maximum Gasteiger partial charge on any atom is 0.368 e. The van der Waals surface area contributed by atoms with Crippen molar-refractivity contribution in [1.29, 1.82) is 0 Å². The Bertz CT molecular complexity index is 6980. The maximum atomic E-state index is 14.3. The summed E-state index contributed by atoms with van der Waals surface area (Å²) in [7, 11) is 9.20. The second-order valence-electron chi connectivity index (χ2n) is 30.6. The number of ether oxygens (including phenoxy) is 6. The van der Waals surface area contributed by atoms with Gasteiger partial charge in [0.2, 0.25) is 0 Å². The summed E-state index contributed by atoms with van der Waals surface area (Å²) in [5.74, 6) is 14.7. The molecule has 135 heavy (non-hydrogen) atoms. The molecule has 0 amide bonds. The minimum absolute atomic E-state index is 0. The van der Waals surface area contributed by atoms with Gasteiger partial charge >= 0.3 is 28.4 Å². The summed E-state index contributed by atoms with van der Waals surface area (Å²) < 4.78 is 61.4. The van der Waals surface area contributed by atoms with Crippen molar-refractivity contribution in [3.05, 3.63) is 355 Å². The zero-order chi connectivity index (χ0) is 90.9. The van der Waals surface area contributed by atoms with Gasteiger partial charge in [-0.2, -0.15) is 132 Å². The third kappa shape index (κ3) is 25.9. The van der Waals surface area contributed by atoms with Gasteiger partial charge in [-0.3, -0.25) is 0 Å². The fourth-order valence-corrected chi connectivity index (χ4v) is 14.3. The summed E-state index contributed by atoms with van der Waals surface area (Å²) in [5.41, 5.74) is 11.7. The summed E-state index contributed by atoms with van der Waals surface area (Å²) in [6.07, 6.45) is 19.1. The molecule has 0 unspecified atom stereocenters. The summed E-state index contributed by atoms with van der Waals surface area (Å²) in [6.45, 7) is 12.1. The van der Waals surface area contributed by atoms with Crippen molar-refractivity contribution < 1.29 is 196 Å². The number of methoxy groups -OCH3 is 1. The van der Waals surface area contributed by atoms with Crippen LogP contribution in [-0.2, 0) is 232 Å². The summed E-state index contributed by atoms with van der Waals surface area (Å²) in [6, 6.07) is 69.6. The van der Waals surface area contributed by atoms with Gasteiger partial charge in [0, 0.05) is 261 Å². The number of aryl methyl sites for hydroxylation is 5. The Morgan fingerprint density at radius 3 is 1.05 bits per heavy atom.